The third-order valence-corrected chi connectivity index (χ3v) is 2.80. The van der Waals surface area contributed by atoms with Crippen molar-refractivity contribution in [3.05, 3.63) is 34.3 Å². The monoisotopic (exact) mass is 254 g/mol. The van der Waals surface area contributed by atoms with Crippen LogP contribution < -0.4 is 0 Å². The average molecular weight is 255 g/mol. The van der Waals surface area contributed by atoms with Gasteiger partial charge in [0.1, 0.15) is 11.5 Å². The molecule has 2 rings (SSSR count). The average Bonchev–Trinajstić information content (AvgIpc) is 2.23. The maximum Gasteiger partial charge on any atom is 0.129 e. The Balaban J connectivity index is 2.32. The summed E-state index contributed by atoms with van der Waals surface area (Å²) in [5, 5.41) is 9.33. The molecule has 0 aromatic heterocycles. The van der Waals surface area contributed by atoms with Crippen molar-refractivity contribution >= 4 is 21.7 Å². The van der Waals surface area contributed by atoms with E-state index >= 15 is 0 Å². The van der Waals surface area contributed by atoms with E-state index in [-0.39, 0.29) is 5.75 Å². The molecule has 74 valence electrons. The maximum absolute atomic E-state index is 9.33. The van der Waals surface area contributed by atoms with Crippen LogP contribution in [-0.4, -0.2) is 11.7 Å². The number of ether oxygens (including phenoxy) is 1. The highest BCUT2D eigenvalue weighted by Gasteiger charge is 2.08. The fourth-order valence-corrected chi connectivity index (χ4v) is 1.80. The van der Waals surface area contributed by atoms with Crippen molar-refractivity contribution in [1.82, 2.24) is 0 Å². The lowest BCUT2D eigenvalue weighted by molar-refractivity contribution is 0.259. The molecular weight excluding hydrogens is 244 g/mol. The molecule has 1 aliphatic rings. The molecule has 1 N–H and O–H groups in total. The van der Waals surface area contributed by atoms with E-state index in [1.807, 2.05) is 12.1 Å². The van der Waals surface area contributed by atoms with E-state index in [1.54, 1.807) is 6.07 Å². The van der Waals surface area contributed by atoms with Crippen LogP contribution in [0.1, 0.15) is 18.4 Å². The van der Waals surface area contributed by atoms with Crippen molar-refractivity contribution in [2.24, 2.45) is 0 Å². The Hall–Kier alpha value is -0.960. The Morgan fingerprint density at radius 2 is 2.21 bits per heavy atom. The lowest BCUT2D eigenvalue weighted by Gasteiger charge is -2.15. The van der Waals surface area contributed by atoms with E-state index < -0.39 is 0 Å². The molecule has 0 bridgehead atoms. The summed E-state index contributed by atoms with van der Waals surface area (Å²) in [5.41, 5.74) is 1.01. The first kappa shape index (κ1) is 9.59. The van der Waals surface area contributed by atoms with Gasteiger partial charge in [0.05, 0.1) is 11.1 Å². The molecule has 2 nitrogen and oxygen atoms in total. The third-order valence-electron chi connectivity index (χ3n) is 2.17. The van der Waals surface area contributed by atoms with Gasteiger partial charge >= 0.3 is 0 Å². The minimum Gasteiger partial charge on any atom is -0.507 e. The summed E-state index contributed by atoms with van der Waals surface area (Å²) in [4.78, 5) is 0. The molecule has 0 radical (unpaired) electrons. The fourth-order valence-electron chi connectivity index (χ4n) is 1.42. The number of hydrogen-bond donors (Lipinski definition) is 1. The van der Waals surface area contributed by atoms with Gasteiger partial charge in [-0.05, 0) is 53.0 Å². The minimum absolute atomic E-state index is 0.255. The van der Waals surface area contributed by atoms with Gasteiger partial charge in [0.15, 0.2) is 0 Å². The number of phenols is 1. The molecule has 0 atom stereocenters. The molecule has 1 aromatic carbocycles. The van der Waals surface area contributed by atoms with Gasteiger partial charge in [0.2, 0.25) is 0 Å². The highest BCUT2D eigenvalue weighted by Crippen LogP contribution is 2.29. The number of benzene rings is 1. The van der Waals surface area contributed by atoms with Crippen LogP contribution in [0.15, 0.2) is 28.7 Å². The van der Waals surface area contributed by atoms with E-state index in [0.29, 0.717) is 4.47 Å². The van der Waals surface area contributed by atoms with E-state index in [1.165, 1.54) is 0 Å². The van der Waals surface area contributed by atoms with Crippen molar-refractivity contribution in [3.8, 4) is 5.75 Å². The zero-order valence-corrected chi connectivity index (χ0v) is 9.25. The minimum atomic E-state index is 0.255. The van der Waals surface area contributed by atoms with Crippen LogP contribution in [0.25, 0.3) is 5.76 Å². The molecule has 1 heterocycles. The second-order valence-corrected chi connectivity index (χ2v) is 4.08. The first-order valence-corrected chi connectivity index (χ1v) is 5.38. The first-order chi connectivity index (χ1) is 6.77. The summed E-state index contributed by atoms with van der Waals surface area (Å²) in [6, 6.07) is 5.39. The van der Waals surface area contributed by atoms with Crippen molar-refractivity contribution in [2.45, 2.75) is 12.8 Å². The molecule has 1 aromatic rings. The molecule has 0 spiro atoms. The van der Waals surface area contributed by atoms with Crippen molar-refractivity contribution in [1.29, 1.82) is 0 Å². The van der Waals surface area contributed by atoms with Crippen molar-refractivity contribution in [3.63, 3.8) is 0 Å². The second kappa shape index (κ2) is 4.05. The number of halogens is 1. The fraction of sp³-hybridized carbons (Fsp3) is 0.273. The maximum atomic E-state index is 9.33. The van der Waals surface area contributed by atoms with Crippen LogP contribution in [0, 0.1) is 0 Å². The molecular formula is C11H11BrO2. The number of aromatic hydroxyl groups is 1. The summed E-state index contributed by atoms with van der Waals surface area (Å²) in [7, 11) is 0. The number of phenolic OH excluding ortho intramolecular Hbond substituents is 1. The van der Waals surface area contributed by atoms with Crippen LogP contribution in [0.4, 0.5) is 0 Å². The van der Waals surface area contributed by atoms with Gasteiger partial charge in [-0.15, -0.1) is 0 Å². The number of allylic oxidation sites excluding steroid dienone is 1. The third kappa shape index (κ3) is 1.93. The van der Waals surface area contributed by atoms with Crippen LogP contribution in [0.5, 0.6) is 5.75 Å². The Morgan fingerprint density at radius 1 is 1.36 bits per heavy atom. The van der Waals surface area contributed by atoms with Gasteiger partial charge in [-0.1, -0.05) is 0 Å². The van der Waals surface area contributed by atoms with Gasteiger partial charge < -0.3 is 9.84 Å². The Morgan fingerprint density at radius 3 is 2.86 bits per heavy atom. The van der Waals surface area contributed by atoms with Crippen LogP contribution >= 0.6 is 15.9 Å². The smallest absolute Gasteiger partial charge is 0.129 e. The van der Waals surface area contributed by atoms with Crippen LogP contribution in [0.2, 0.25) is 0 Å². The van der Waals surface area contributed by atoms with Gasteiger partial charge in [-0.25, -0.2) is 0 Å². The lowest BCUT2D eigenvalue weighted by atomic mass is 10.1. The van der Waals surface area contributed by atoms with Crippen molar-refractivity contribution in [2.75, 3.05) is 6.61 Å². The molecule has 14 heavy (non-hydrogen) atoms. The Labute approximate surface area is 91.3 Å². The van der Waals surface area contributed by atoms with Gasteiger partial charge in [0, 0.05) is 5.56 Å². The molecule has 0 saturated heterocycles. The van der Waals surface area contributed by atoms with Gasteiger partial charge in [0.25, 0.3) is 0 Å². The normalized spacial score (nSPS) is 15.9. The van der Waals surface area contributed by atoms with Crippen LogP contribution in [-0.2, 0) is 4.74 Å². The highest BCUT2D eigenvalue weighted by atomic mass is 79.9. The Kier molecular flexibility index (Phi) is 2.77. The van der Waals surface area contributed by atoms with Crippen LogP contribution in [0.3, 0.4) is 0 Å². The zero-order chi connectivity index (χ0) is 9.97. The van der Waals surface area contributed by atoms with E-state index in [0.717, 1.165) is 30.8 Å². The molecule has 0 amide bonds. The van der Waals surface area contributed by atoms with Crippen molar-refractivity contribution < 1.29 is 9.84 Å². The zero-order valence-electron chi connectivity index (χ0n) is 7.66. The van der Waals surface area contributed by atoms with E-state index in [2.05, 4.69) is 22.0 Å². The predicted octanol–water partition coefficient (Wildman–Crippen LogP) is 3.31. The lowest BCUT2D eigenvalue weighted by Crippen LogP contribution is -2.00. The summed E-state index contributed by atoms with van der Waals surface area (Å²) in [6.07, 6.45) is 4.24. The summed E-state index contributed by atoms with van der Waals surface area (Å²) >= 11 is 3.28. The van der Waals surface area contributed by atoms with E-state index in [9.17, 15) is 5.11 Å². The summed E-state index contributed by atoms with van der Waals surface area (Å²) < 4.78 is 6.22. The number of hydrogen-bond acceptors (Lipinski definition) is 2. The first-order valence-electron chi connectivity index (χ1n) is 4.59. The topological polar surface area (TPSA) is 29.5 Å². The molecule has 0 aliphatic carbocycles. The SMILES string of the molecule is Oc1ccc(C2=CCCCO2)cc1Br. The molecule has 1 aliphatic heterocycles. The van der Waals surface area contributed by atoms with Gasteiger partial charge in [-0.3, -0.25) is 0 Å². The second-order valence-electron chi connectivity index (χ2n) is 3.23. The quantitative estimate of drug-likeness (QED) is 0.834. The Bertz CT molecular complexity index is 372. The summed E-state index contributed by atoms with van der Waals surface area (Å²) in [6.45, 7) is 0.782. The largest absolute Gasteiger partial charge is 0.507 e. The van der Waals surface area contributed by atoms with Gasteiger partial charge in [-0.2, -0.15) is 0 Å². The predicted molar refractivity (Wildman–Crippen MR) is 59.0 cm³/mol. The molecule has 3 heteroatoms. The highest BCUT2D eigenvalue weighted by molar-refractivity contribution is 9.10. The molecule has 0 saturated carbocycles. The van der Waals surface area contributed by atoms with E-state index in [4.69, 9.17) is 4.74 Å². The summed E-state index contributed by atoms with van der Waals surface area (Å²) in [5.74, 6) is 1.17. The molecule has 0 fully saturated rings. The molecule has 0 unspecified atom stereocenters. The standard InChI is InChI=1S/C11H11BrO2/c12-9-7-8(4-5-10(9)13)11-3-1-2-6-14-11/h3-5,7,13H,1-2,6H2. The number of rotatable bonds is 1.